The molecule has 2 aromatic carbocycles. The van der Waals surface area contributed by atoms with Crippen LogP contribution in [0.25, 0.3) is 5.69 Å². The van der Waals surface area contributed by atoms with E-state index in [1.165, 1.54) is 11.8 Å². The minimum atomic E-state index is -3.46. The second-order valence-electron chi connectivity index (χ2n) is 6.39. The SMILES string of the molecule is CCOc1ccc(-n2c(Cc3ccccc3)nnc2SCCCS(N)(=O)=O)cc1. The van der Waals surface area contributed by atoms with Crippen molar-refractivity contribution in [3.63, 3.8) is 0 Å². The molecule has 1 aromatic heterocycles. The van der Waals surface area contributed by atoms with Crippen LogP contribution in [0.5, 0.6) is 5.75 Å². The Morgan fingerprint density at radius 3 is 2.45 bits per heavy atom. The third-order valence-electron chi connectivity index (χ3n) is 4.12. The number of hydrogen-bond donors (Lipinski definition) is 1. The summed E-state index contributed by atoms with van der Waals surface area (Å²) in [6, 6.07) is 17.8. The van der Waals surface area contributed by atoms with E-state index < -0.39 is 10.0 Å². The maximum Gasteiger partial charge on any atom is 0.209 e. The topological polar surface area (TPSA) is 100 Å². The van der Waals surface area contributed by atoms with Gasteiger partial charge in [-0.3, -0.25) is 4.57 Å². The zero-order chi connectivity index (χ0) is 20.7. The van der Waals surface area contributed by atoms with Crippen LogP contribution in [0.3, 0.4) is 0 Å². The standard InChI is InChI=1S/C20H24N4O3S2/c1-2-27-18-11-9-17(10-12-18)24-19(15-16-7-4-3-5-8-16)22-23-20(24)28-13-6-14-29(21,25)26/h3-5,7-12H,2,6,13-15H2,1H3,(H2,21,25,26). The Labute approximate surface area is 175 Å². The van der Waals surface area contributed by atoms with E-state index in [-0.39, 0.29) is 5.75 Å². The minimum Gasteiger partial charge on any atom is -0.494 e. The molecule has 2 N–H and O–H groups in total. The van der Waals surface area contributed by atoms with E-state index in [4.69, 9.17) is 9.88 Å². The first-order chi connectivity index (χ1) is 14.0. The number of ether oxygens (including phenoxy) is 1. The molecule has 0 saturated carbocycles. The number of nitrogens with two attached hydrogens (primary N) is 1. The largest absolute Gasteiger partial charge is 0.494 e. The Hall–Kier alpha value is -2.36. The summed E-state index contributed by atoms with van der Waals surface area (Å²) in [6.07, 6.45) is 1.09. The molecule has 29 heavy (non-hydrogen) atoms. The minimum absolute atomic E-state index is 0.0476. The molecule has 154 valence electrons. The van der Waals surface area contributed by atoms with Crippen LogP contribution < -0.4 is 9.88 Å². The molecule has 3 aromatic rings. The Morgan fingerprint density at radius 1 is 1.07 bits per heavy atom. The van der Waals surface area contributed by atoms with Crippen LogP contribution in [0, 0.1) is 0 Å². The van der Waals surface area contributed by atoms with Crippen molar-refractivity contribution < 1.29 is 13.2 Å². The molecule has 9 heteroatoms. The van der Waals surface area contributed by atoms with Gasteiger partial charge in [0.05, 0.1) is 12.4 Å². The number of aromatic nitrogens is 3. The molecule has 0 unspecified atom stereocenters. The van der Waals surface area contributed by atoms with Crippen LogP contribution in [0.2, 0.25) is 0 Å². The summed E-state index contributed by atoms with van der Waals surface area (Å²) in [5.74, 6) is 2.15. The summed E-state index contributed by atoms with van der Waals surface area (Å²) in [6.45, 7) is 2.55. The molecule has 0 atom stereocenters. The lowest BCUT2D eigenvalue weighted by molar-refractivity contribution is 0.340. The highest BCUT2D eigenvalue weighted by Gasteiger charge is 2.15. The number of rotatable bonds is 10. The van der Waals surface area contributed by atoms with E-state index in [1.54, 1.807) is 0 Å². The smallest absolute Gasteiger partial charge is 0.209 e. The zero-order valence-electron chi connectivity index (χ0n) is 16.2. The van der Waals surface area contributed by atoms with Crippen molar-refractivity contribution >= 4 is 21.8 Å². The maximum absolute atomic E-state index is 11.1. The van der Waals surface area contributed by atoms with Gasteiger partial charge in [0.25, 0.3) is 0 Å². The molecule has 0 amide bonds. The molecule has 3 rings (SSSR count). The van der Waals surface area contributed by atoms with Crippen LogP contribution in [0.1, 0.15) is 24.7 Å². The Kier molecular flexibility index (Phi) is 7.29. The van der Waals surface area contributed by atoms with Gasteiger partial charge in [-0.15, -0.1) is 10.2 Å². The molecule has 1 heterocycles. The van der Waals surface area contributed by atoms with Crippen LogP contribution >= 0.6 is 11.8 Å². The molecule has 0 aliphatic carbocycles. The number of primary sulfonamides is 1. The fourth-order valence-corrected chi connectivity index (χ4v) is 4.47. The lowest BCUT2D eigenvalue weighted by atomic mass is 10.1. The molecular weight excluding hydrogens is 408 g/mol. The Balaban J connectivity index is 1.85. The quantitative estimate of drug-likeness (QED) is 0.390. The van der Waals surface area contributed by atoms with Crippen molar-refractivity contribution in [2.45, 2.75) is 24.9 Å². The van der Waals surface area contributed by atoms with Crippen molar-refractivity contribution in [2.75, 3.05) is 18.1 Å². The number of benzene rings is 2. The molecule has 0 saturated heterocycles. The summed E-state index contributed by atoms with van der Waals surface area (Å²) < 4.78 is 29.8. The average Bonchev–Trinajstić information content (AvgIpc) is 3.08. The van der Waals surface area contributed by atoms with E-state index in [0.29, 0.717) is 25.2 Å². The van der Waals surface area contributed by atoms with Crippen molar-refractivity contribution in [2.24, 2.45) is 5.14 Å². The molecule has 0 aliphatic heterocycles. The second-order valence-corrected chi connectivity index (χ2v) is 9.19. The third-order valence-corrected chi connectivity index (χ3v) is 5.99. The summed E-state index contributed by atoms with van der Waals surface area (Å²) in [7, 11) is -3.46. The molecule has 0 fully saturated rings. The van der Waals surface area contributed by atoms with Crippen molar-refractivity contribution in [3.05, 3.63) is 66.0 Å². The Morgan fingerprint density at radius 2 is 1.79 bits per heavy atom. The fraction of sp³-hybridized carbons (Fsp3) is 0.300. The highest BCUT2D eigenvalue weighted by molar-refractivity contribution is 7.99. The molecular formula is C20H24N4O3S2. The van der Waals surface area contributed by atoms with E-state index >= 15 is 0 Å². The molecule has 0 radical (unpaired) electrons. The van der Waals surface area contributed by atoms with Crippen LogP contribution in [0.4, 0.5) is 0 Å². The molecule has 0 bridgehead atoms. The summed E-state index contributed by atoms with van der Waals surface area (Å²) in [4.78, 5) is 0. The number of thioether (sulfide) groups is 1. The van der Waals surface area contributed by atoms with E-state index in [1.807, 2.05) is 54.0 Å². The normalized spacial score (nSPS) is 11.5. The van der Waals surface area contributed by atoms with Gasteiger partial charge in [0, 0.05) is 17.9 Å². The molecule has 7 nitrogen and oxygen atoms in total. The van der Waals surface area contributed by atoms with Gasteiger partial charge in [-0.25, -0.2) is 13.6 Å². The Bertz CT molecular complexity index is 1020. The highest BCUT2D eigenvalue weighted by atomic mass is 32.2. The first kappa shape index (κ1) is 21.4. The van der Waals surface area contributed by atoms with Gasteiger partial charge in [0.2, 0.25) is 10.0 Å². The van der Waals surface area contributed by atoms with Gasteiger partial charge in [0.1, 0.15) is 11.6 Å². The van der Waals surface area contributed by atoms with Gasteiger partial charge in [-0.1, -0.05) is 42.1 Å². The number of nitrogens with zero attached hydrogens (tertiary/aromatic N) is 3. The van der Waals surface area contributed by atoms with Crippen LogP contribution in [0.15, 0.2) is 59.8 Å². The predicted octanol–water partition coefficient (Wildman–Crippen LogP) is 3.03. The fourth-order valence-electron chi connectivity index (χ4n) is 2.83. The predicted molar refractivity (Wildman–Crippen MR) is 115 cm³/mol. The van der Waals surface area contributed by atoms with E-state index in [2.05, 4.69) is 22.3 Å². The highest BCUT2D eigenvalue weighted by Crippen LogP contribution is 2.25. The maximum atomic E-state index is 11.1. The van der Waals surface area contributed by atoms with Crippen molar-refractivity contribution in [3.8, 4) is 11.4 Å². The van der Waals surface area contributed by atoms with Crippen LogP contribution in [-0.2, 0) is 16.4 Å². The van der Waals surface area contributed by atoms with E-state index in [9.17, 15) is 8.42 Å². The first-order valence-electron chi connectivity index (χ1n) is 9.31. The molecule has 0 aliphatic rings. The zero-order valence-corrected chi connectivity index (χ0v) is 17.8. The lowest BCUT2D eigenvalue weighted by Gasteiger charge is -2.11. The monoisotopic (exact) mass is 432 g/mol. The lowest BCUT2D eigenvalue weighted by Crippen LogP contribution is -2.16. The number of hydrogen-bond acceptors (Lipinski definition) is 6. The summed E-state index contributed by atoms with van der Waals surface area (Å²) in [5.41, 5.74) is 2.07. The third kappa shape index (κ3) is 6.31. The van der Waals surface area contributed by atoms with Gasteiger partial charge in [-0.05, 0) is 43.2 Å². The van der Waals surface area contributed by atoms with Gasteiger partial charge >= 0.3 is 0 Å². The van der Waals surface area contributed by atoms with Gasteiger partial charge in [0.15, 0.2) is 5.16 Å². The van der Waals surface area contributed by atoms with Crippen LogP contribution in [-0.4, -0.2) is 41.3 Å². The average molecular weight is 433 g/mol. The molecule has 0 spiro atoms. The van der Waals surface area contributed by atoms with Gasteiger partial charge in [-0.2, -0.15) is 0 Å². The second kappa shape index (κ2) is 9.91. The van der Waals surface area contributed by atoms with Crippen molar-refractivity contribution in [1.82, 2.24) is 14.8 Å². The first-order valence-corrected chi connectivity index (χ1v) is 12.0. The van der Waals surface area contributed by atoms with Gasteiger partial charge < -0.3 is 4.74 Å². The summed E-state index contributed by atoms with van der Waals surface area (Å²) in [5, 5.41) is 14.5. The number of sulfonamides is 1. The van der Waals surface area contributed by atoms with Crippen molar-refractivity contribution in [1.29, 1.82) is 0 Å². The van der Waals surface area contributed by atoms with E-state index in [0.717, 1.165) is 28.0 Å². The summed E-state index contributed by atoms with van der Waals surface area (Å²) >= 11 is 1.47.